The summed E-state index contributed by atoms with van der Waals surface area (Å²) in [7, 11) is 0. The third-order valence-electron chi connectivity index (χ3n) is 5.38. The molecule has 0 radical (unpaired) electrons. The second kappa shape index (κ2) is 5.47. The molecule has 0 bridgehead atoms. The summed E-state index contributed by atoms with van der Waals surface area (Å²) in [4.78, 5) is 26.1. The molecule has 2 unspecified atom stereocenters. The fourth-order valence-electron chi connectivity index (χ4n) is 3.92. The molecule has 0 aromatic rings. The van der Waals surface area contributed by atoms with Crippen molar-refractivity contribution in [3.05, 3.63) is 0 Å². The van der Waals surface area contributed by atoms with E-state index < -0.39 is 0 Å². The van der Waals surface area contributed by atoms with Crippen molar-refractivity contribution in [2.24, 2.45) is 5.41 Å². The first-order valence-electron chi connectivity index (χ1n) is 7.84. The van der Waals surface area contributed by atoms with Crippen LogP contribution in [0.4, 0.5) is 0 Å². The van der Waals surface area contributed by atoms with Crippen LogP contribution in [0, 0.1) is 5.41 Å². The van der Waals surface area contributed by atoms with Crippen molar-refractivity contribution in [1.29, 1.82) is 0 Å². The minimum atomic E-state index is -0.341. The van der Waals surface area contributed by atoms with Gasteiger partial charge in [0.25, 0.3) is 0 Å². The normalized spacial score (nSPS) is 34.3. The molecule has 1 aliphatic carbocycles. The molecule has 2 atom stereocenters. The van der Waals surface area contributed by atoms with Gasteiger partial charge in [0.1, 0.15) is 6.04 Å². The summed E-state index contributed by atoms with van der Waals surface area (Å²) >= 11 is 1.71. The van der Waals surface area contributed by atoms with Gasteiger partial charge in [0, 0.05) is 24.1 Å². The van der Waals surface area contributed by atoms with Crippen LogP contribution in [0.15, 0.2) is 0 Å². The molecule has 0 aromatic carbocycles. The van der Waals surface area contributed by atoms with E-state index in [0.29, 0.717) is 18.7 Å². The number of aliphatic hydroxyl groups is 1. The summed E-state index contributed by atoms with van der Waals surface area (Å²) < 4.78 is 0. The van der Waals surface area contributed by atoms with Crippen LogP contribution in [0.2, 0.25) is 0 Å². The Morgan fingerprint density at radius 3 is 2.81 bits per heavy atom. The van der Waals surface area contributed by atoms with E-state index in [1.807, 2.05) is 0 Å². The molecule has 2 saturated heterocycles. The van der Waals surface area contributed by atoms with E-state index in [1.165, 1.54) is 0 Å². The van der Waals surface area contributed by atoms with Gasteiger partial charge in [-0.15, -0.1) is 11.8 Å². The van der Waals surface area contributed by atoms with Crippen LogP contribution in [0.25, 0.3) is 0 Å². The maximum atomic E-state index is 12.5. The molecule has 21 heavy (non-hydrogen) atoms. The number of carbonyl (C=O) groups is 2. The Labute approximate surface area is 129 Å². The predicted molar refractivity (Wildman–Crippen MR) is 81.7 cm³/mol. The Morgan fingerprint density at radius 1 is 1.43 bits per heavy atom. The van der Waals surface area contributed by atoms with Gasteiger partial charge in [0.15, 0.2) is 0 Å². The molecule has 2 aliphatic heterocycles. The second-order valence-corrected chi connectivity index (χ2v) is 8.35. The van der Waals surface area contributed by atoms with E-state index in [4.69, 9.17) is 0 Å². The minimum Gasteiger partial charge on any atom is -0.396 e. The number of aliphatic hydroxyl groups excluding tert-OH is 1. The number of hydrogen-bond donors (Lipinski definition) is 2. The van der Waals surface area contributed by atoms with Gasteiger partial charge in [0.05, 0.1) is 11.5 Å². The van der Waals surface area contributed by atoms with Crippen molar-refractivity contribution in [2.75, 3.05) is 18.9 Å². The lowest BCUT2D eigenvalue weighted by Gasteiger charge is -2.31. The predicted octanol–water partition coefficient (Wildman–Crippen LogP) is 1.11. The van der Waals surface area contributed by atoms with Gasteiger partial charge in [-0.2, -0.15) is 0 Å². The van der Waals surface area contributed by atoms with E-state index in [-0.39, 0.29) is 34.7 Å². The van der Waals surface area contributed by atoms with Crippen molar-refractivity contribution in [3.8, 4) is 0 Å². The van der Waals surface area contributed by atoms with Crippen molar-refractivity contribution in [3.63, 3.8) is 0 Å². The number of nitrogens with one attached hydrogen (secondary N) is 1. The van der Waals surface area contributed by atoms with E-state index in [2.05, 4.69) is 12.2 Å². The average Bonchev–Trinajstić information content (AvgIpc) is 3.14. The summed E-state index contributed by atoms with van der Waals surface area (Å²) in [5, 5.41) is 12.6. The molecule has 3 fully saturated rings. The van der Waals surface area contributed by atoms with E-state index in [9.17, 15) is 14.7 Å². The lowest BCUT2D eigenvalue weighted by atomic mass is 9.87. The van der Waals surface area contributed by atoms with E-state index >= 15 is 0 Å². The van der Waals surface area contributed by atoms with Crippen molar-refractivity contribution < 1.29 is 14.7 Å². The smallest absolute Gasteiger partial charge is 0.243 e. The van der Waals surface area contributed by atoms with Gasteiger partial charge >= 0.3 is 0 Å². The zero-order valence-electron chi connectivity index (χ0n) is 12.6. The zero-order valence-corrected chi connectivity index (χ0v) is 13.4. The molecule has 2 heterocycles. The molecule has 0 aromatic heterocycles. The van der Waals surface area contributed by atoms with E-state index in [1.54, 1.807) is 16.7 Å². The number of fused-ring (bicyclic) bond motifs is 1. The number of carbonyl (C=O) groups excluding carboxylic acids is 2. The fourth-order valence-corrected chi connectivity index (χ4v) is 5.35. The Bertz CT molecular complexity index is 450. The SMILES string of the molecule is CC12CCC(=O)N1C(C(=O)NCC1(CO)CCCC1)CS2. The average molecular weight is 312 g/mol. The standard InChI is InChI=1S/C15H24N2O3S/c1-14-7-4-12(19)17(14)11(8-21-14)13(20)16-9-15(10-18)5-2-3-6-15/h11,18H,2-10H2,1H3,(H,16,20). The Hall–Kier alpha value is -0.750. The van der Waals surface area contributed by atoms with Gasteiger partial charge in [-0.05, 0) is 26.2 Å². The third kappa shape index (κ3) is 2.57. The zero-order chi connectivity index (χ0) is 15.1. The van der Waals surface area contributed by atoms with Crippen LogP contribution in [0.1, 0.15) is 45.4 Å². The molecule has 2 N–H and O–H groups in total. The van der Waals surface area contributed by atoms with Crippen LogP contribution in [0.3, 0.4) is 0 Å². The van der Waals surface area contributed by atoms with Gasteiger partial charge in [-0.1, -0.05) is 12.8 Å². The second-order valence-electron chi connectivity index (χ2n) is 6.85. The molecular weight excluding hydrogens is 288 g/mol. The van der Waals surface area contributed by atoms with Crippen molar-refractivity contribution >= 4 is 23.6 Å². The number of rotatable bonds is 4. The quantitative estimate of drug-likeness (QED) is 0.816. The maximum Gasteiger partial charge on any atom is 0.243 e. The molecule has 1 saturated carbocycles. The fraction of sp³-hybridized carbons (Fsp3) is 0.867. The molecule has 5 nitrogen and oxygen atoms in total. The Kier molecular flexibility index (Phi) is 3.94. The highest BCUT2D eigenvalue weighted by atomic mass is 32.2. The lowest BCUT2D eigenvalue weighted by Crippen LogP contribution is -2.51. The van der Waals surface area contributed by atoms with Crippen molar-refractivity contribution in [1.82, 2.24) is 10.2 Å². The largest absolute Gasteiger partial charge is 0.396 e. The van der Waals surface area contributed by atoms with Gasteiger partial charge in [0.2, 0.25) is 11.8 Å². The van der Waals surface area contributed by atoms with Gasteiger partial charge in [-0.25, -0.2) is 0 Å². The number of thioether (sulfide) groups is 1. The Balaban J connectivity index is 1.62. The monoisotopic (exact) mass is 312 g/mol. The highest BCUT2D eigenvalue weighted by Crippen LogP contribution is 2.47. The minimum absolute atomic E-state index is 0.0544. The topological polar surface area (TPSA) is 69.6 Å². The van der Waals surface area contributed by atoms with Gasteiger partial charge in [-0.3, -0.25) is 9.59 Å². The molecule has 6 heteroatoms. The molecule has 118 valence electrons. The first-order valence-corrected chi connectivity index (χ1v) is 8.83. The van der Waals surface area contributed by atoms with Gasteiger partial charge < -0.3 is 15.3 Å². The highest BCUT2D eigenvalue weighted by molar-refractivity contribution is 8.01. The van der Waals surface area contributed by atoms with Crippen LogP contribution >= 0.6 is 11.8 Å². The number of nitrogens with zero attached hydrogens (tertiary/aromatic N) is 1. The maximum absolute atomic E-state index is 12.5. The highest BCUT2D eigenvalue weighted by Gasteiger charge is 2.53. The first kappa shape index (κ1) is 15.2. The molecule has 0 spiro atoms. The summed E-state index contributed by atoms with van der Waals surface area (Å²) in [6.07, 6.45) is 5.58. The van der Waals surface area contributed by atoms with Crippen molar-refractivity contribution in [2.45, 2.75) is 56.4 Å². The van der Waals surface area contributed by atoms with E-state index in [0.717, 1.165) is 32.1 Å². The molecule has 2 amide bonds. The number of amides is 2. The summed E-state index contributed by atoms with van der Waals surface area (Å²) in [5.41, 5.74) is -0.139. The summed E-state index contributed by atoms with van der Waals surface area (Å²) in [6.45, 7) is 2.72. The van der Waals surface area contributed by atoms with Crippen LogP contribution in [-0.4, -0.2) is 51.6 Å². The van der Waals surface area contributed by atoms with Crippen LogP contribution < -0.4 is 5.32 Å². The third-order valence-corrected chi connectivity index (χ3v) is 6.89. The number of hydrogen-bond acceptors (Lipinski definition) is 4. The molecule has 3 rings (SSSR count). The molecule has 3 aliphatic rings. The first-order chi connectivity index (χ1) is 10.00. The molecular formula is C15H24N2O3S. The van der Waals surface area contributed by atoms with Crippen LogP contribution in [-0.2, 0) is 9.59 Å². The Morgan fingerprint density at radius 2 is 2.14 bits per heavy atom. The lowest BCUT2D eigenvalue weighted by molar-refractivity contribution is -0.138. The summed E-state index contributed by atoms with van der Waals surface area (Å²) in [5.74, 6) is 0.724. The summed E-state index contributed by atoms with van der Waals surface area (Å²) in [6, 6.07) is -0.341. The van der Waals surface area contributed by atoms with Crippen LogP contribution in [0.5, 0.6) is 0 Å².